The maximum absolute atomic E-state index is 4.76. The predicted octanol–water partition coefficient (Wildman–Crippen LogP) is 4.55. The summed E-state index contributed by atoms with van der Waals surface area (Å²) in [5.41, 5.74) is 6.55. The summed E-state index contributed by atoms with van der Waals surface area (Å²) in [5.74, 6) is 0.784. The molecule has 172 valence electrons. The molecular weight excluding hydrogens is 525 g/mol. The minimum Gasteiger partial charge on any atom is -0.357 e. The van der Waals surface area contributed by atoms with Gasteiger partial charge in [-0.1, -0.05) is 30.3 Å². The summed E-state index contributed by atoms with van der Waals surface area (Å²) in [6.07, 6.45) is 3.71. The number of aromatic nitrogens is 4. The molecule has 33 heavy (non-hydrogen) atoms. The quantitative estimate of drug-likeness (QED) is 0.200. The summed E-state index contributed by atoms with van der Waals surface area (Å²) < 4.78 is 3.84. The van der Waals surface area contributed by atoms with Crippen LogP contribution in [0.2, 0.25) is 0 Å². The van der Waals surface area contributed by atoms with Crippen molar-refractivity contribution >= 4 is 29.9 Å². The Labute approximate surface area is 212 Å². The topological polar surface area (TPSA) is 72.1 Å². The molecule has 4 aromatic rings. The van der Waals surface area contributed by atoms with E-state index in [0.29, 0.717) is 13.1 Å². The smallest absolute Gasteiger partial charge is 0.191 e. The van der Waals surface area contributed by atoms with Crippen molar-refractivity contribution in [2.24, 2.45) is 4.99 Å². The van der Waals surface area contributed by atoms with E-state index in [9.17, 15) is 0 Å². The summed E-state index contributed by atoms with van der Waals surface area (Å²) in [6, 6.07) is 20.6. The molecule has 2 N–H and O–H groups in total. The molecule has 0 radical (unpaired) electrons. The van der Waals surface area contributed by atoms with Crippen molar-refractivity contribution in [3.8, 4) is 11.4 Å². The number of hydrogen-bond donors (Lipinski definition) is 2. The summed E-state index contributed by atoms with van der Waals surface area (Å²) in [4.78, 5) is 4.76. The van der Waals surface area contributed by atoms with E-state index < -0.39 is 0 Å². The minimum absolute atomic E-state index is 0. The van der Waals surface area contributed by atoms with E-state index in [0.717, 1.165) is 46.4 Å². The zero-order chi connectivity index (χ0) is 22.3. The number of para-hydroxylation sites is 1. The monoisotopic (exact) mass is 555 g/mol. The molecule has 2 aromatic carbocycles. The first-order valence-electron chi connectivity index (χ1n) is 10.9. The second-order valence-corrected chi connectivity index (χ2v) is 7.63. The van der Waals surface area contributed by atoms with E-state index >= 15 is 0 Å². The number of nitrogens with zero attached hydrogens (tertiary/aromatic N) is 5. The lowest BCUT2D eigenvalue weighted by Gasteiger charge is -2.15. The Morgan fingerprint density at radius 2 is 1.79 bits per heavy atom. The predicted molar refractivity (Wildman–Crippen MR) is 144 cm³/mol. The molecule has 0 aliphatic heterocycles. The van der Waals surface area contributed by atoms with Gasteiger partial charge in [-0.25, -0.2) is 14.4 Å². The molecule has 0 aliphatic carbocycles. The Bertz CT molecular complexity index is 1180. The van der Waals surface area contributed by atoms with Gasteiger partial charge in [0, 0.05) is 31.2 Å². The second-order valence-electron chi connectivity index (χ2n) is 7.63. The maximum atomic E-state index is 4.76. The lowest BCUT2D eigenvalue weighted by molar-refractivity contribution is 0.783. The first-order valence-corrected chi connectivity index (χ1v) is 10.9. The number of aliphatic imine (C=N–C) groups is 1. The Kier molecular flexibility index (Phi) is 8.65. The fourth-order valence-electron chi connectivity index (χ4n) is 3.61. The molecule has 0 unspecified atom stereocenters. The fourth-order valence-corrected chi connectivity index (χ4v) is 3.61. The van der Waals surface area contributed by atoms with Crippen LogP contribution in [0.5, 0.6) is 0 Å². The molecule has 0 spiro atoms. The van der Waals surface area contributed by atoms with Gasteiger partial charge in [-0.05, 0) is 62.2 Å². The van der Waals surface area contributed by atoms with Crippen LogP contribution in [0.15, 0.2) is 78.0 Å². The summed E-state index contributed by atoms with van der Waals surface area (Å²) in [5, 5.41) is 15.7. The molecule has 0 saturated heterocycles. The van der Waals surface area contributed by atoms with Crippen molar-refractivity contribution in [2.45, 2.75) is 33.9 Å². The van der Waals surface area contributed by atoms with Crippen LogP contribution in [0.4, 0.5) is 0 Å². The van der Waals surface area contributed by atoms with E-state index in [4.69, 9.17) is 4.99 Å². The van der Waals surface area contributed by atoms with Gasteiger partial charge in [-0.2, -0.15) is 10.2 Å². The van der Waals surface area contributed by atoms with Gasteiger partial charge in [0.25, 0.3) is 0 Å². The molecule has 0 bridgehead atoms. The van der Waals surface area contributed by atoms with Crippen LogP contribution in [0.3, 0.4) is 0 Å². The zero-order valence-electron chi connectivity index (χ0n) is 19.2. The molecule has 0 amide bonds. The molecule has 0 fully saturated rings. The minimum atomic E-state index is 0. The third-order valence-electron chi connectivity index (χ3n) is 5.14. The van der Waals surface area contributed by atoms with Crippen LogP contribution < -0.4 is 10.6 Å². The van der Waals surface area contributed by atoms with Crippen LogP contribution >= 0.6 is 24.0 Å². The molecule has 0 atom stereocenters. The highest BCUT2D eigenvalue weighted by molar-refractivity contribution is 14.0. The van der Waals surface area contributed by atoms with Crippen LogP contribution in [-0.4, -0.2) is 32.1 Å². The highest BCUT2D eigenvalue weighted by atomic mass is 127. The SMILES string of the molecule is CCNC(=NCc1ccc(-n2cccn2)cc1)NCc1ccccc1-n1nc(C)cc1C.I. The zero-order valence-corrected chi connectivity index (χ0v) is 21.5. The maximum Gasteiger partial charge on any atom is 0.191 e. The van der Waals surface area contributed by atoms with Crippen molar-refractivity contribution < 1.29 is 0 Å². The largest absolute Gasteiger partial charge is 0.357 e. The Morgan fingerprint density at radius 1 is 1.00 bits per heavy atom. The third-order valence-corrected chi connectivity index (χ3v) is 5.14. The van der Waals surface area contributed by atoms with Gasteiger partial charge >= 0.3 is 0 Å². The highest BCUT2D eigenvalue weighted by Crippen LogP contribution is 2.17. The lowest BCUT2D eigenvalue weighted by Crippen LogP contribution is -2.37. The normalized spacial score (nSPS) is 11.2. The average Bonchev–Trinajstić information content (AvgIpc) is 3.46. The molecule has 4 rings (SSSR count). The lowest BCUT2D eigenvalue weighted by atomic mass is 10.1. The first kappa shape index (κ1) is 24.5. The number of benzene rings is 2. The third kappa shape index (κ3) is 6.22. The fraction of sp³-hybridized carbons (Fsp3) is 0.240. The number of halogens is 1. The van der Waals surface area contributed by atoms with Crippen LogP contribution in [0.1, 0.15) is 29.4 Å². The van der Waals surface area contributed by atoms with Crippen LogP contribution in [-0.2, 0) is 13.1 Å². The number of hydrogen-bond acceptors (Lipinski definition) is 3. The van der Waals surface area contributed by atoms with Crippen molar-refractivity contribution in [1.29, 1.82) is 0 Å². The first-order chi connectivity index (χ1) is 15.6. The number of rotatable bonds is 7. The Morgan fingerprint density at radius 3 is 2.45 bits per heavy atom. The van der Waals surface area contributed by atoms with Crippen molar-refractivity contribution in [3.05, 3.63) is 95.6 Å². The molecule has 2 heterocycles. The van der Waals surface area contributed by atoms with Crippen LogP contribution in [0.25, 0.3) is 11.4 Å². The number of aryl methyl sites for hydroxylation is 2. The van der Waals surface area contributed by atoms with Gasteiger partial charge in [-0.15, -0.1) is 24.0 Å². The van der Waals surface area contributed by atoms with Gasteiger partial charge in [0.05, 0.1) is 23.6 Å². The van der Waals surface area contributed by atoms with Gasteiger partial charge < -0.3 is 10.6 Å². The van der Waals surface area contributed by atoms with Gasteiger partial charge in [-0.3, -0.25) is 0 Å². The molecule has 7 nitrogen and oxygen atoms in total. The van der Waals surface area contributed by atoms with E-state index in [2.05, 4.69) is 83.2 Å². The van der Waals surface area contributed by atoms with Gasteiger partial charge in [0.1, 0.15) is 0 Å². The van der Waals surface area contributed by atoms with Crippen LogP contribution in [0, 0.1) is 13.8 Å². The summed E-state index contributed by atoms with van der Waals surface area (Å²) in [7, 11) is 0. The molecule has 8 heteroatoms. The molecular formula is C25H30IN7. The van der Waals surface area contributed by atoms with Crippen molar-refractivity contribution in [3.63, 3.8) is 0 Å². The Hall–Kier alpha value is -3.14. The van der Waals surface area contributed by atoms with E-state index in [1.807, 2.05) is 34.6 Å². The van der Waals surface area contributed by atoms with Crippen molar-refractivity contribution in [2.75, 3.05) is 6.54 Å². The molecule has 0 saturated carbocycles. The van der Waals surface area contributed by atoms with Crippen molar-refractivity contribution in [1.82, 2.24) is 30.2 Å². The highest BCUT2D eigenvalue weighted by Gasteiger charge is 2.09. The molecule has 2 aromatic heterocycles. The summed E-state index contributed by atoms with van der Waals surface area (Å²) in [6.45, 7) is 8.20. The summed E-state index contributed by atoms with van der Waals surface area (Å²) >= 11 is 0. The van der Waals surface area contributed by atoms with E-state index in [1.54, 1.807) is 6.20 Å². The van der Waals surface area contributed by atoms with Gasteiger partial charge in [0.2, 0.25) is 0 Å². The standard InChI is InChI=1S/C25H29N7.HI/c1-4-26-25(27-17-21-10-12-23(13-11-21)31-15-7-14-29-31)28-18-22-8-5-6-9-24(22)32-20(3)16-19(2)30-32;/h5-16H,4,17-18H2,1-3H3,(H2,26,27,28);1H. The number of nitrogens with one attached hydrogen (secondary N) is 2. The molecule has 0 aliphatic rings. The second kappa shape index (κ2) is 11.6. The van der Waals surface area contributed by atoms with E-state index in [-0.39, 0.29) is 24.0 Å². The Balaban J connectivity index is 0.00000306. The van der Waals surface area contributed by atoms with E-state index in [1.165, 1.54) is 0 Å². The van der Waals surface area contributed by atoms with Gasteiger partial charge in [0.15, 0.2) is 5.96 Å². The average molecular weight is 555 g/mol. The number of guanidine groups is 1.